The molecule has 0 saturated carbocycles. The van der Waals surface area contributed by atoms with Gasteiger partial charge in [0.2, 0.25) is 11.7 Å². The monoisotopic (exact) mass is 273 g/mol. The summed E-state index contributed by atoms with van der Waals surface area (Å²) in [5, 5.41) is 4.46. The lowest BCUT2D eigenvalue weighted by Crippen LogP contribution is -2.08. The van der Waals surface area contributed by atoms with Gasteiger partial charge in [0.05, 0.1) is 11.1 Å². The minimum atomic E-state index is -0.219. The molecule has 2 rings (SSSR count). The predicted molar refractivity (Wildman–Crippen MR) is 69.2 cm³/mol. The summed E-state index contributed by atoms with van der Waals surface area (Å²) in [6, 6.07) is 7.13. The molecular formula is C11H13Cl2N3O. The molecule has 0 saturated heterocycles. The van der Waals surface area contributed by atoms with Crippen molar-refractivity contribution in [3.63, 3.8) is 0 Å². The molecule has 0 amide bonds. The molecule has 0 spiro atoms. The van der Waals surface area contributed by atoms with Gasteiger partial charge in [0, 0.05) is 5.56 Å². The van der Waals surface area contributed by atoms with E-state index in [4.69, 9.17) is 21.9 Å². The first-order valence-electron chi connectivity index (χ1n) is 5.06. The largest absolute Gasteiger partial charge is 0.337 e. The second kappa shape index (κ2) is 6.00. The lowest BCUT2D eigenvalue weighted by atomic mass is 10.2. The molecule has 4 nitrogen and oxygen atoms in total. The van der Waals surface area contributed by atoms with Crippen LogP contribution in [0.1, 0.15) is 25.3 Å². The van der Waals surface area contributed by atoms with E-state index in [1.54, 1.807) is 6.07 Å². The summed E-state index contributed by atoms with van der Waals surface area (Å²) >= 11 is 6.03. The molecule has 6 heteroatoms. The van der Waals surface area contributed by atoms with Gasteiger partial charge in [0.25, 0.3) is 0 Å². The van der Waals surface area contributed by atoms with Crippen molar-refractivity contribution in [2.24, 2.45) is 5.73 Å². The summed E-state index contributed by atoms with van der Waals surface area (Å²) in [6.45, 7) is 1.96. The predicted octanol–water partition coefficient (Wildman–Crippen LogP) is 3.22. The number of rotatable bonds is 3. The molecule has 0 fully saturated rings. The number of hydrogen-bond acceptors (Lipinski definition) is 4. The smallest absolute Gasteiger partial charge is 0.243 e. The summed E-state index contributed by atoms with van der Waals surface area (Å²) in [5.74, 6) is 0.918. The van der Waals surface area contributed by atoms with Gasteiger partial charge in [0.1, 0.15) is 0 Å². The van der Waals surface area contributed by atoms with Gasteiger partial charge >= 0.3 is 0 Å². The second-order valence-corrected chi connectivity index (χ2v) is 3.86. The summed E-state index contributed by atoms with van der Waals surface area (Å²) in [5.41, 5.74) is 6.55. The molecule has 1 heterocycles. The molecule has 92 valence electrons. The molecule has 0 bridgehead atoms. The SMILES string of the molecule is CC[C@H](N)c1nc(-c2ccccc2Cl)no1.Cl. The van der Waals surface area contributed by atoms with Crippen LogP contribution in [0.25, 0.3) is 11.4 Å². The number of halogens is 2. The van der Waals surface area contributed by atoms with Crippen molar-refractivity contribution >= 4 is 24.0 Å². The van der Waals surface area contributed by atoms with Gasteiger partial charge in [-0.1, -0.05) is 35.8 Å². The van der Waals surface area contributed by atoms with E-state index in [0.717, 1.165) is 12.0 Å². The molecule has 2 aromatic rings. The van der Waals surface area contributed by atoms with Gasteiger partial charge in [-0.05, 0) is 18.6 Å². The Balaban J connectivity index is 0.00000144. The highest BCUT2D eigenvalue weighted by atomic mass is 35.5. The van der Waals surface area contributed by atoms with Crippen LogP contribution in [0.5, 0.6) is 0 Å². The van der Waals surface area contributed by atoms with Crippen molar-refractivity contribution in [2.75, 3.05) is 0 Å². The van der Waals surface area contributed by atoms with Crippen molar-refractivity contribution in [3.8, 4) is 11.4 Å². The van der Waals surface area contributed by atoms with Crippen molar-refractivity contribution in [3.05, 3.63) is 35.2 Å². The van der Waals surface area contributed by atoms with Crippen LogP contribution < -0.4 is 5.73 Å². The Morgan fingerprint density at radius 2 is 2.12 bits per heavy atom. The van der Waals surface area contributed by atoms with Gasteiger partial charge in [-0.25, -0.2) is 0 Å². The van der Waals surface area contributed by atoms with Gasteiger partial charge < -0.3 is 10.3 Å². The zero-order chi connectivity index (χ0) is 11.5. The van der Waals surface area contributed by atoms with Crippen LogP contribution in [-0.4, -0.2) is 10.1 Å². The highest BCUT2D eigenvalue weighted by Crippen LogP contribution is 2.25. The second-order valence-electron chi connectivity index (χ2n) is 3.45. The van der Waals surface area contributed by atoms with E-state index in [1.807, 2.05) is 25.1 Å². The number of nitrogens with two attached hydrogens (primary N) is 1. The minimum absolute atomic E-state index is 0. The Hall–Kier alpha value is -1.10. The van der Waals surface area contributed by atoms with Crippen LogP contribution in [0.3, 0.4) is 0 Å². The number of benzene rings is 1. The van der Waals surface area contributed by atoms with E-state index in [2.05, 4.69) is 10.1 Å². The normalized spacial score (nSPS) is 11.9. The fourth-order valence-corrected chi connectivity index (χ4v) is 1.53. The summed E-state index contributed by atoms with van der Waals surface area (Å²) < 4.78 is 5.08. The molecule has 0 radical (unpaired) electrons. The summed E-state index contributed by atoms with van der Waals surface area (Å²) in [4.78, 5) is 4.22. The molecule has 1 aromatic carbocycles. The highest BCUT2D eigenvalue weighted by molar-refractivity contribution is 6.33. The van der Waals surface area contributed by atoms with Crippen molar-refractivity contribution in [1.29, 1.82) is 0 Å². The molecular weight excluding hydrogens is 261 g/mol. The summed E-state index contributed by atoms with van der Waals surface area (Å²) in [6.07, 6.45) is 0.754. The van der Waals surface area contributed by atoms with Gasteiger partial charge in [-0.3, -0.25) is 0 Å². The summed E-state index contributed by atoms with van der Waals surface area (Å²) in [7, 11) is 0. The van der Waals surface area contributed by atoms with Gasteiger partial charge in [-0.15, -0.1) is 12.4 Å². The standard InChI is InChI=1S/C11H12ClN3O.ClH/c1-2-9(13)11-14-10(15-16-11)7-5-3-4-6-8(7)12;/h3-6,9H,2,13H2,1H3;1H/t9-;/m0./s1. The van der Waals surface area contributed by atoms with E-state index in [0.29, 0.717) is 16.7 Å². The molecule has 2 N–H and O–H groups in total. The minimum Gasteiger partial charge on any atom is -0.337 e. The molecule has 0 aliphatic heterocycles. The molecule has 0 aliphatic carbocycles. The molecule has 0 unspecified atom stereocenters. The van der Waals surface area contributed by atoms with E-state index in [-0.39, 0.29) is 18.4 Å². The average molecular weight is 274 g/mol. The van der Waals surface area contributed by atoms with Crippen LogP contribution in [0.2, 0.25) is 5.02 Å². The Morgan fingerprint density at radius 3 is 2.76 bits per heavy atom. The molecule has 17 heavy (non-hydrogen) atoms. The number of hydrogen-bond donors (Lipinski definition) is 1. The van der Waals surface area contributed by atoms with E-state index < -0.39 is 0 Å². The van der Waals surface area contributed by atoms with Crippen molar-refractivity contribution in [2.45, 2.75) is 19.4 Å². The zero-order valence-electron chi connectivity index (χ0n) is 9.26. The third-order valence-electron chi connectivity index (χ3n) is 2.31. The van der Waals surface area contributed by atoms with E-state index in [1.165, 1.54) is 0 Å². The van der Waals surface area contributed by atoms with Crippen LogP contribution in [0.4, 0.5) is 0 Å². The van der Waals surface area contributed by atoms with Crippen molar-refractivity contribution < 1.29 is 4.52 Å². The number of nitrogens with zero attached hydrogens (tertiary/aromatic N) is 2. The first kappa shape index (κ1) is 14.0. The fraction of sp³-hybridized carbons (Fsp3) is 0.273. The third-order valence-corrected chi connectivity index (χ3v) is 2.64. The van der Waals surface area contributed by atoms with Gasteiger partial charge in [0.15, 0.2) is 0 Å². The lowest BCUT2D eigenvalue weighted by molar-refractivity contribution is 0.352. The quantitative estimate of drug-likeness (QED) is 0.933. The van der Waals surface area contributed by atoms with Gasteiger partial charge in [-0.2, -0.15) is 4.98 Å². The first-order chi connectivity index (χ1) is 7.72. The maximum Gasteiger partial charge on any atom is 0.243 e. The molecule has 0 aliphatic rings. The fourth-order valence-electron chi connectivity index (χ4n) is 1.31. The van der Waals surface area contributed by atoms with E-state index in [9.17, 15) is 0 Å². The molecule has 1 atom stereocenters. The molecule has 1 aromatic heterocycles. The Morgan fingerprint density at radius 1 is 1.41 bits per heavy atom. The maximum atomic E-state index is 6.03. The maximum absolute atomic E-state index is 6.03. The Kier molecular flexibility index (Phi) is 4.93. The highest BCUT2D eigenvalue weighted by Gasteiger charge is 2.15. The zero-order valence-corrected chi connectivity index (χ0v) is 10.8. The topological polar surface area (TPSA) is 64.9 Å². The number of aromatic nitrogens is 2. The Labute approximate surface area is 111 Å². The first-order valence-corrected chi connectivity index (χ1v) is 5.44. The average Bonchev–Trinajstić information content (AvgIpc) is 2.78. The van der Waals surface area contributed by atoms with Crippen LogP contribution in [0.15, 0.2) is 28.8 Å². The van der Waals surface area contributed by atoms with Crippen LogP contribution in [0, 0.1) is 0 Å². The van der Waals surface area contributed by atoms with E-state index >= 15 is 0 Å². The Bertz CT molecular complexity index is 487. The lowest BCUT2D eigenvalue weighted by Gasteiger charge is -1.99. The van der Waals surface area contributed by atoms with Crippen molar-refractivity contribution in [1.82, 2.24) is 10.1 Å². The van der Waals surface area contributed by atoms with Crippen LogP contribution in [-0.2, 0) is 0 Å². The van der Waals surface area contributed by atoms with Crippen LogP contribution >= 0.6 is 24.0 Å². The third kappa shape index (κ3) is 2.97.